The number of hydrogen-bond donors (Lipinski definition) is 2. The SMILES string of the molecule is COCCN1C[C@@H](NC(=O)Nc2cccc3sc4ccccc4c23)[C@H](c2ccccc2)C1. The van der Waals surface area contributed by atoms with Crippen molar-refractivity contribution in [2.75, 3.05) is 38.7 Å². The fourth-order valence-electron chi connectivity index (χ4n) is 4.68. The highest BCUT2D eigenvalue weighted by molar-refractivity contribution is 7.25. The summed E-state index contributed by atoms with van der Waals surface area (Å²) in [6.07, 6.45) is 0. The average Bonchev–Trinajstić information content (AvgIpc) is 3.39. The quantitative estimate of drug-likeness (QED) is 0.424. The van der Waals surface area contributed by atoms with Crippen LogP contribution < -0.4 is 10.6 Å². The summed E-state index contributed by atoms with van der Waals surface area (Å²) in [5.74, 6) is 0.247. The minimum Gasteiger partial charge on any atom is -0.383 e. The van der Waals surface area contributed by atoms with Gasteiger partial charge >= 0.3 is 6.03 Å². The number of fused-ring (bicyclic) bond motifs is 3. The number of methoxy groups -OCH3 is 1. The Labute approximate surface area is 192 Å². The van der Waals surface area contributed by atoms with Crippen LogP contribution >= 0.6 is 11.3 Å². The number of anilines is 1. The van der Waals surface area contributed by atoms with Crippen LogP contribution in [0, 0.1) is 0 Å². The summed E-state index contributed by atoms with van der Waals surface area (Å²) in [4.78, 5) is 15.5. The molecule has 0 spiro atoms. The van der Waals surface area contributed by atoms with Crippen molar-refractivity contribution in [2.24, 2.45) is 0 Å². The van der Waals surface area contributed by atoms with Gasteiger partial charge in [-0.25, -0.2) is 4.79 Å². The number of hydrogen-bond acceptors (Lipinski definition) is 4. The van der Waals surface area contributed by atoms with E-state index in [0.29, 0.717) is 6.61 Å². The van der Waals surface area contributed by atoms with Crippen molar-refractivity contribution in [1.82, 2.24) is 10.2 Å². The molecule has 0 saturated carbocycles. The van der Waals surface area contributed by atoms with E-state index in [2.05, 4.69) is 64.1 Å². The molecule has 5 nitrogen and oxygen atoms in total. The molecule has 2 heterocycles. The van der Waals surface area contributed by atoms with Crippen molar-refractivity contribution in [3.63, 3.8) is 0 Å². The normalized spacial score (nSPS) is 18.9. The predicted octanol–water partition coefficient (Wildman–Crippen LogP) is 5.29. The number of rotatable bonds is 6. The van der Waals surface area contributed by atoms with E-state index in [1.54, 1.807) is 18.4 Å². The molecule has 6 heteroatoms. The molecule has 1 saturated heterocycles. The molecule has 0 aliphatic carbocycles. The van der Waals surface area contributed by atoms with Gasteiger partial charge in [0.25, 0.3) is 0 Å². The molecule has 0 unspecified atom stereocenters. The molecule has 2 atom stereocenters. The molecule has 0 radical (unpaired) electrons. The lowest BCUT2D eigenvalue weighted by atomic mass is 9.94. The molecule has 2 N–H and O–H groups in total. The van der Waals surface area contributed by atoms with Gasteiger partial charge in [0.15, 0.2) is 0 Å². The van der Waals surface area contributed by atoms with Crippen LogP contribution in [0.5, 0.6) is 0 Å². The van der Waals surface area contributed by atoms with Gasteiger partial charge in [-0.2, -0.15) is 0 Å². The minimum absolute atomic E-state index is 0.0349. The van der Waals surface area contributed by atoms with Crippen LogP contribution in [0.3, 0.4) is 0 Å². The van der Waals surface area contributed by atoms with Crippen LogP contribution in [0.4, 0.5) is 10.5 Å². The maximum Gasteiger partial charge on any atom is 0.319 e. The zero-order valence-electron chi connectivity index (χ0n) is 18.1. The van der Waals surface area contributed by atoms with Gasteiger partial charge in [-0.1, -0.05) is 54.6 Å². The molecule has 32 heavy (non-hydrogen) atoms. The second-order valence-corrected chi connectivity index (χ2v) is 9.34. The monoisotopic (exact) mass is 445 g/mol. The average molecular weight is 446 g/mol. The summed E-state index contributed by atoms with van der Waals surface area (Å²) in [7, 11) is 1.72. The Hall–Kier alpha value is -2.93. The number of likely N-dealkylation sites (tertiary alicyclic amines) is 1. The van der Waals surface area contributed by atoms with Crippen molar-refractivity contribution in [3.8, 4) is 0 Å². The highest BCUT2D eigenvalue weighted by Crippen LogP contribution is 2.38. The van der Waals surface area contributed by atoms with Gasteiger partial charge in [-0.3, -0.25) is 4.90 Å². The van der Waals surface area contributed by atoms with Crippen molar-refractivity contribution in [1.29, 1.82) is 0 Å². The first-order chi connectivity index (χ1) is 15.7. The fraction of sp³-hybridized carbons (Fsp3) is 0.269. The summed E-state index contributed by atoms with van der Waals surface area (Å²) >= 11 is 1.75. The first-order valence-electron chi connectivity index (χ1n) is 11.0. The van der Waals surface area contributed by atoms with Crippen LogP contribution in [0.25, 0.3) is 20.2 Å². The van der Waals surface area contributed by atoms with E-state index < -0.39 is 0 Å². The second-order valence-electron chi connectivity index (χ2n) is 8.25. The lowest BCUT2D eigenvalue weighted by molar-refractivity contribution is 0.159. The van der Waals surface area contributed by atoms with Crippen LogP contribution in [0.1, 0.15) is 11.5 Å². The Balaban J connectivity index is 1.37. The lowest BCUT2D eigenvalue weighted by Gasteiger charge is -2.21. The Kier molecular flexibility index (Phi) is 6.08. The molecule has 1 fully saturated rings. The third-order valence-electron chi connectivity index (χ3n) is 6.20. The maximum atomic E-state index is 13.1. The van der Waals surface area contributed by atoms with Gasteiger partial charge in [-0.15, -0.1) is 11.3 Å². The van der Waals surface area contributed by atoms with E-state index in [-0.39, 0.29) is 18.0 Å². The standard InChI is InChI=1S/C26H27N3O2S/c1-31-15-14-29-16-20(18-8-3-2-4-9-18)22(17-29)28-26(30)27-21-11-7-13-24-25(21)19-10-5-6-12-23(19)32-24/h2-13,20,22H,14-17H2,1H3,(H2,27,28,30)/t20-,22+/m0/s1. The van der Waals surface area contributed by atoms with Crippen LogP contribution in [0.2, 0.25) is 0 Å². The third kappa shape index (κ3) is 4.21. The zero-order valence-corrected chi connectivity index (χ0v) is 18.9. The van der Waals surface area contributed by atoms with E-state index in [9.17, 15) is 4.79 Å². The van der Waals surface area contributed by atoms with Crippen molar-refractivity contribution in [3.05, 3.63) is 78.4 Å². The minimum atomic E-state index is -0.160. The molecular weight excluding hydrogens is 418 g/mol. The van der Waals surface area contributed by atoms with E-state index in [0.717, 1.165) is 30.7 Å². The van der Waals surface area contributed by atoms with Crippen molar-refractivity contribution >= 4 is 43.2 Å². The Bertz CT molecular complexity index is 1220. The van der Waals surface area contributed by atoms with Gasteiger partial charge in [0.1, 0.15) is 0 Å². The fourth-order valence-corrected chi connectivity index (χ4v) is 5.81. The first-order valence-corrected chi connectivity index (χ1v) is 11.8. The number of carbonyl (C=O) groups is 1. The summed E-state index contributed by atoms with van der Waals surface area (Å²) in [5.41, 5.74) is 2.10. The van der Waals surface area contributed by atoms with Crippen LogP contribution in [-0.4, -0.2) is 50.3 Å². The topological polar surface area (TPSA) is 53.6 Å². The van der Waals surface area contributed by atoms with Gasteiger partial charge in [-0.05, 0) is 23.8 Å². The number of nitrogens with zero attached hydrogens (tertiary/aromatic N) is 1. The number of nitrogens with one attached hydrogen (secondary N) is 2. The van der Waals surface area contributed by atoms with Gasteiger partial charge < -0.3 is 15.4 Å². The lowest BCUT2D eigenvalue weighted by Crippen LogP contribution is -2.42. The predicted molar refractivity (Wildman–Crippen MR) is 133 cm³/mol. The second kappa shape index (κ2) is 9.28. The smallest absolute Gasteiger partial charge is 0.319 e. The van der Waals surface area contributed by atoms with Crippen molar-refractivity contribution in [2.45, 2.75) is 12.0 Å². The molecule has 5 rings (SSSR count). The van der Waals surface area contributed by atoms with Crippen LogP contribution in [0.15, 0.2) is 72.8 Å². The number of ether oxygens (including phenoxy) is 1. The van der Waals surface area contributed by atoms with E-state index in [1.165, 1.54) is 20.3 Å². The summed E-state index contributed by atoms with van der Waals surface area (Å²) in [6, 6.07) is 24.8. The molecule has 1 aliphatic heterocycles. The van der Waals surface area contributed by atoms with E-state index >= 15 is 0 Å². The van der Waals surface area contributed by atoms with E-state index in [1.807, 2.05) is 24.3 Å². The molecule has 1 aromatic heterocycles. The Morgan fingerprint density at radius 1 is 1.00 bits per heavy atom. The van der Waals surface area contributed by atoms with E-state index in [4.69, 9.17) is 4.74 Å². The summed E-state index contributed by atoms with van der Waals surface area (Å²) in [6.45, 7) is 3.26. The third-order valence-corrected chi connectivity index (χ3v) is 7.34. The number of amides is 2. The molecule has 164 valence electrons. The Morgan fingerprint density at radius 3 is 2.62 bits per heavy atom. The zero-order chi connectivity index (χ0) is 21.9. The molecule has 0 bridgehead atoms. The summed E-state index contributed by atoms with van der Waals surface area (Å²) < 4.78 is 7.67. The Morgan fingerprint density at radius 2 is 1.78 bits per heavy atom. The number of benzene rings is 3. The molecule has 1 aliphatic rings. The highest BCUT2D eigenvalue weighted by atomic mass is 32.1. The first kappa shape index (κ1) is 20.9. The van der Waals surface area contributed by atoms with Gasteiger partial charge in [0, 0.05) is 52.8 Å². The number of carbonyl (C=O) groups excluding carboxylic acids is 1. The highest BCUT2D eigenvalue weighted by Gasteiger charge is 2.34. The molecular formula is C26H27N3O2S. The van der Waals surface area contributed by atoms with Gasteiger partial charge in [0.2, 0.25) is 0 Å². The molecule has 4 aromatic rings. The number of urea groups is 1. The number of thiophene rings is 1. The maximum absolute atomic E-state index is 13.1. The van der Waals surface area contributed by atoms with Crippen LogP contribution in [-0.2, 0) is 4.74 Å². The molecule has 3 aromatic carbocycles. The summed E-state index contributed by atoms with van der Waals surface area (Å²) in [5, 5.41) is 8.68. The van der Waals surface area contributed by atoms with Crippen molar-refractivity contribution < 1.29 is 9.53 Å². The molecule has 2 amide bonds. The van der Waals surface area contributed by atoms with Gasteiger partial charge in [0.05, 0.1) is 18.3 Å². The largest absolute Gasteiger partial charge is 0.383 e.